The van der Waals surface area contributed by atoms with Gasteiger partial charge in [-0.1, -0.05) is 54.6 Å². The number of halogens is 1. The lowest BCUT2D eigenvalue weighted by Gasteiger charge is -2.27. The molecule has 4 rings (SSSR count). The molecule has 0 atom stereocenters. The molecule has 0 aliphatic heterocycles. The second-order valence-corrected chi connectivity index (χ2v) is 10.4. The van der Waals surface area contributed by atoms with E-state index in [4.69, 9.17) is 0 Å². The van der Waals surface area contributed by atoms with Crippen LogP contribution in [-0.4, -0.2) is 4.92 Å². The highest BCUT2D eigenvalue weighted by molar-refractivity contribution is 8.93. The molecule has 4 aromatic carbocycles. The Bertz CT molecular complexity index is 992. The molecule has 0 heterocycles. The summed E-state index contributed by atoms with van der Waals surface area (Å²) in [5.41, 5.74) is 1.22. The predicted octanol–water partition coefficient (Wildman–Crippen LogP) is 5.67. The van der Waals surface area contributed by atoms with Crippen molar-refractivity contribution in [2.45, 2.75) is 6.16 Å². The summed E-state index contributed by atoms with van der Waals surface area (Å²) >= 11 is 0. The number of hydrogen-bond donors (Lipinski definition) is 0. The third kappa shape index (κ3) is 4.35. The van der Waals surface area contributed by atoms with Crippen molar-refractivity contribution >= 4 is 45.8 Å². The van der Waals surface area contributed by atoms with E-state index >= 15 is 0 Å². The summed E-state index contributed by atoms with van der Waals surface area (Å²) in [6, 6.07) is 38.9. The van der Waals surface area contributed by atoms with Gasteiger partial charge in [0.25, 0.3) is 5.69 Å². The summed E-state index contributed by atoms with van der Waals surface area (Å²) in [4.78, 5) is 10.7. The second kappa shape index (κ2) is 9.80. The lowest BCUT2D eigenvalue weighted by atomic mass is 10.2. The van der Waals surface area contributed by atoms with Crippen molar-refractivity contribution in [3.63, 3.8) is 0 Å². The Morgan fingerprint density at radius 2 is 0.967 bits per heavy atom. The van der Waals surface area contributed by atoms with Crippen LogP contribution >= 0.6 is 24.2 Å². The summed E-state index contributed by atoms with van der Waals surface area (Å²) in [6.45, 7) is 0. The molecule has 0 saturated heterocycles. The fourth-order valence-electron chi connectivity index (χ4n) is 3.77. The summed E-state index contributed by atoms with van der Waals surface area (Å²) in [5, 5.41) is 15.0. The molecule has 5 heteroatoms. The van der Waals surface area contributed by atoms with Gasteiger partial charge in [-0.3, -0.25) is 10.1 Å². The van der Waals surface area contributed by atoms with Gasteiger partial charge in [-0.15, -0.1) is 17.0 Å². The number of rotatable bonds is 6. The molecule has 0 spiro atoms. The number of non-ortho nitro benzene ring substituents is 1. The van der Waals surface area contributed by atoms with E-state index in [0.717, 1.165) is 11.7 Å². The summed E-state index contributed by atoms with van der Waals surface area (Å²) in [5.74, 6) is 0. The van der Waals surface area contributed by atoms with E-state index in [1.165, 1.54) is 15.9 Å². The first-order valence-electron chi connectivity index (χ1n) is 9.48. The highest BCUT2D eigenvalue weighted by atomic mass is 79.9. The molecule has 0 N–H and O–H groups in total. The molecule has 0 saturated carbocycles. The van der Waals surface area contributed by atoms with Crippen molar-refractivity contribution in [1.29, 1.82) is 0 Å². The topological polar surface area (TPSA) is 43.1 Å². The average Bonchev–Trinajstić information content (AvgIpc) is 2.79. The lowest BCUT2D eigenvalue weighted by molar-refractivity contribution is -0.384. The van der Waals surface area contributed by atoms with E-state index in [1.807, 2.05) is 30.3 Å². The van der Waals surface area contributed by atoms with Crippen LogP contribution < -0.4 is 15.9 Å². The Balaban J connectivity index is 0.00000256. The van der Waals surface area contributed by atoms with Gasteiger partial charge in [0, 0.05) is 12.1 Å². The molecule has 0 aliphatic rings. The van der Waals surface area contributed by atoms with Crippen molar-refractivity contribution in [2.75, 3.05) is 0 Å². The smallest absolute Gasteiger partial charge is 0.258 e. The maximum Gasteiger partial charge on any atom is 0.269 e. The van der Waals surface area contributed by atoms with Crippen LogP contribution in [0.4, 0.5) is 5.69 Å². The minimum absolute atomic E-state index is 0. The molecule has 3 nitrogen and oxygen atoms in total. The summed E-state index contributed by atoms with van der Waals surface area (Å²) < 4.78 is 0. The fraction of sp³-hybridized carbons (Fsp3) is 0.0400. The minimum atomic E-state index is -1.98. The van der Waals surface area contributed by atoms with E-state index in [0.29, 0.717) is 0 Å². The van der Waals surface area contributed by atoms with Crippen LogP contribution in [0.25, 0.3) is 0 Å². The van der Waals surface area contributed by atoms with Gasteiger partial charge >= 0.3 is 0 Å². The standard InChI is InChI=1S/C25H21NO2P.BrH/c27-26(28)22-18-16-21(17-19-22)20-29(23-10-4-1-5-11-23,24-12-6-2-7-13-24)25-14-8-3-9-15-25;/h1-19H,20H2;1H/q+1;. The van der Waals surface area contributed by atoms with Gasteiger partial charge in [0.15, 0.2) is 0 Å². The molecular formula is C25H22BrNO2P+. The van der Waals surface area contributed by atoms with Gasteiger partial charge in [-0.2, -0.15) is 0 Å². The van der Waals surface area contributed by atoms with E-state index in [9.17, 15) is 10.1 Å². The van der Waals surface area contributed by atoms with Gasteiger partial charge < -0.3 is 0 Å². The minimum Gasteiger partial charge on any atom is -0.258 e. The molecule has 0 radical (unpaired) electrons. The normalized spacial score (nSPS) is 10.8. The van der Waals surface area contributed by atoms with Crippen LogP contribution in [0.2, 0.25) is 0 Å². The molecule has 0 amide bonds. The van der Waals surface area contributed by atoms with Gasteiger partial charge in [0.05, 0.1) is 11.1 Å². The number of hydrogen-bond acceptors (Lipinski definition) is 2. The maximum atomic E-state index is 11.1. The number of nitro groups is 1. The Labute approximate surface area is 187 Å². The van der Waals surface area contributed by atoms with E-state index in [-0.39, 0.29) is 27.6 Å². The first-order chi connectivity index (χ1) is 14.2. The van der Waals surface area contributed by atoms with Crippen LogP contribution in [0.3, 0.4) is 0 Å². The van der Waals surface area contributed by atoms with E-state index in [1.54, 1.807) is 12.1 Å². The van der Waals surface area contributed by atoms with Crippen LogP contribution in [0, 0.1) is 10.1 Å². The van der Waals surface area contributed by atoms with Crippen LogP contribution in [-0.2, 0) is 6.16 Å². The maximum absolute atomic E-state index is 11.1. The third-order valence-electron chi connectivity index (χ3n) is 5.16. The number of benzene rings is 4. The van der Waals surface area contributed by atoms with Gasteiger partial charge in [-0.05, 0) is 54.1 Å². The quantitative estimate of drug-likeness (QED) is 0.203. The monoisotopic (exact) mass is 478 g/mol. The molecule has 0 aliphatic carbocycles. The summed E-state index contributed by atoms with van der Waals surface area (Å²) in [7, 11) is -1.98. The van der Waals surface area contributed by atoms with E-state index in [2.05, 4.69) is 72.8 Å². The molecule has 0 fully saturated rings. The van der Waals surface area contributed by atoms with Gasteiger partial charge in [0.2, 0.25) is 0 Å². The number of nitrogens with zero attached hydrogens (tertiary/aromatic N) is 1. The largest absolute Gasteiger partial charge is 0.269 e. The van der Waals surface area contributed by atoms with E-state index < -0.39 is 7.26 Å². The first-order valence-corrected chi connectivity index (χ1v) is 11.5. The molecule has 150 valence electrons. The SMILES string of the molecule is Br.O=[N+]([O-])c1ccc(C[P+](c2ccccc2)(c2ccccc2)c2ccccc2)cc1. The van der Waals surface area contributed by atoms with Crippen molar-refractivity contribution < 1.29 is 4.92 Å². The molecule has 0 bridgehead atoms. The molecule has 0 unspecified atom stereocenters. The zero-order valence-corrected chi connectivity index (χ0v) is 18.9. The highest BCUT2D eigenvalue weighted by Gasteiger charge is 2.45. The third-order valence-corrected chi connectivity index (χ3v) is 9.54. The van der Waals surface area contributed by atoms with Gasteiger partial charge in [0.1, 0.15) is 23.2 Å². The Morgan fingerprint density at radius 1 is 0.600 bits per heavy atom. The fourth-order valence-corrected chi connectivity index (χ4v) is 8.01. The van der Waals surface area contributed by atoms with Crippen LogP contribution in [0.15, 0.2) is 115 Å². The zero-order valence-electron chi connectivity index (χ0n) is 16.3. The molecule has 4 aromatic rings. The second-order valence-electron chi connectivity index (χ2n) is 6.90. The zero-order chi connectivity index (χ0) is 20.1. The predicted molar refractivity (Wildman–Crippen MR) is 132 cm³/mol. The number of nitro benzene ring substituents is 1. The van der Waals surface area contributed by atoms with Gasteiger partial charge in [-0.25, -0.2) is 0 Å². The molecule has 30 heavy (non-hydrogen) atoms. The molecule has 0 aromatic heterocycles. The summed E-state index contributed by atoms with van der Waals surface area (Å²) in [6.07, 6.45) is 0.809. The van der Waals surface area contributed by atoms with Crippen molar-refractivity contribution in [3.8, 4) is 0 Å². The van der Waals surface area contributed by atoms with Crippen molar-refractivity contribution in [2.24, 2.45) is 0 Å². The van der Waals surface area contributed by atoms with Crippen LogP contribution in [0.1, 0.15) is 5.56 Å². The highest BCUT2D eigenvalue weighted by Crippen LogP contribution is 2.58. The Hall–Kier alpha value is -2.81. The lowest BCUT2D eigenvalue weighted by Crippen LogP contribution is -2.32. The van der Waals surface area contributed by atoms with Crippen molar-refractivity contribution in [3.05, 3.63) is 131 Å². The Kier molecular flexibility index (Phi) is 7.15. The molecular weight excluding hydrogens is 457 g/mol. The van der Waals surface area contributed by atoms with Crippen molar-refractivity contribution in [1.82, 2.24) is 0 Å². The Morgan fingerprint density at radius 3 is 1.30 bits per heavy atom. The average molecular weight is 479 g/mol. The first kappa shape index (κ1) is 21.9. The van der Waals surface area contributed by atoms with Crippen LogP contribution in [0.5, 0.6) is 0 Å².